The van der Waals surface area contributed by atoms with Gasteiger partial charge in [-0.3, -0.25) is 0 Å². The van der Waals surface area contributed by atoms with Crippen LogP contribution in [-0.4, -0.2) is 31.2 Å². The zero-order valence-corrected chi connectivity index (χ0v) is 12.1. The van der Waals surface area contributed by atoms with Crippen molar-refractivity contribution in [1.29, 1.82) is 0 Å². The Morgan fingerprint density at radius 2 is 1.83 bits per heavy atom. The van der Waals surface area contributed by atoms with Crippen molar-refractivity contribution in [3.05, 3.63) is 35.4 Å². The molecular weight excluding hydrogens is 224 g/mol. The lowest BCUT2D eigenvalue weighted by Gasteiger charge is -2.26. The topological polar surface area (TPSA) is 38.5 Å². The molecule has 0 fully saturated rings. The summed E-state index contributed by atoms with van der Waals surface area (Å²) in [5.74, 6) is 0. The van der Waals surface area contributed by atoms with Crippen molar-refractivity contribution in [2.24, 2.45) is 5.73 Å². The highest BCUT2D eigenvalue weighted by atomic mass is 16.5. The number of nitrogens with zero attached hydrogens (tertiary/aromatic N) is 1. The molecule has 0 aromatic heterocycles. The standard InChI is InChI=1S/C15H26N2O/c1-15(2,18-4)9-10-17(3)12-14-8-6-5-7-13(14)11-16/h5-8H,9-12,16H2,1-4H3. The molecular formula is C15H26N2O. The lowest BCUT2D eigenvalue weighted by molar-refractivity contribution is 0.00865. The summed E-state index contributed by atoms with van der Waals surface area (Å²) in [5.41, 5.74) is 8.25. The fraction of sp³-hybridized carbons (Fsp3) is 0.600. The van der Waals surface area contributed by atoms with Crippen LogP contribution >= 0.6 is 0 Å². The molecule has 0 radical (unpaired) electrons. The minimum atomic E-state index is -0.0539. The summed E-state index contributed by atoms with van der Waals surface area (Å²) in [4.78, 5) is 2.31. The first-order chi connectivity index (χ1) is 8.48. The highest BCUT2D eigenvalue weighted by molar-refractivity contribution is 5.26. The molecule has 0 aliphatic heterocycles. The van der Waals surface area contributed by atoms with Crippen molar-refractivity contribution in [3.8, 4) is 0 Å². The summed E-state index contributed by atoms with van der Waals surface area (Å²) in [6, 6.07) is 8.36. The van der Waals surface area contributed by atoms with Crippen LogP contribution in [0.3, 0.4) is 0 Å². The van der Waals surface area contributed by atoms with Crippen LogP contribution in [-0.2, 0) is 17.8 Å². The maximum Gasteiger partial charge on any atom is 0.0634 e. The van der Waals surface area contributed by atoms with Crippen molar-refractivity contribution >= 4 is 0 Å². The molecule has 1 aromatic carbocycles. The van der Waals surface area contributed by atoms with E-state index in [1.165, 1.54) is 11.1 Å². The van der Waals surface area contributed by atoms with Crippen LogP contribution in [0.15, 0.2) is 24.3 Å². The van der Waals surface area contributed by atoms with Crippen LogP contribution < -0.4 is 5.73 Å². The van der Waals surface area contributed by atoms with E-state index in [0.717, 1.165) is 19.5 Å². The fourth-order valence-electron chi connectivity index (χ4n) is 1.84. The summed E-state index contributed by atoms with van der Waals surface area (Å²) in [6.45, 7) is 6.80. The molecule has 0 aliphatic rings. The van der Waals surface area contributed by atoms with E-state index in [0.29, 0.717) is 6.54 Å². The second-order valence-corrected chi connectivity index (χ2v) is 5.42. The van der Waals surface area contributed by atoms with E-state index < -0.39 is 0 Å². The second-order valence-electron chi connectivity index (χ2n) is 5.42. The first-order valence-electron chi connectivity index (χ1n) is 6.49. The number of rotatable bonds is 7. The van der Waals surface area contributed by atoms with Crippen LogP contribution in [0.4, 0.5) is 0 Å². The third kappa shape index (κ3) is 4.77. The Hall–Kier alpha value is -0.900. The molecule has 0 heterocycles. The van der Waals surface area contributed by atoms with Crippen LogP contribution in [0.2, 0.25) is 0 Å². The van der Waals surface area contributed by atoms with Gasteiger partial charge in [-0.25, -0.2) is 0 Å². The molecule has 3 heteroatoms. The molecule has 0 atom stereocenters. The van der Waals surface area contributed by atoms with Gasteiger partial charge in [-0.2, -0.15) is 0 Å². The Morgan fingerprint density at radius 1 is 1.22 bits per heavy atom. The maximum atomic E-state index is 5.75. The van der Waals surface area contributed by atoms with Crippen LogP contribution in [0.1, 0.15) is 31.4 Å². The molecule has 1 rings (SSSR count). The molecule has 0 bridgehead atoms. The normalized spacial score (nSPS) is 12.1. The zero-order chi connectivity index (χ0) is 13.6. The molecule has 0 spiro atoms. The van der Waals surface area contributed by atoms with E-state index in [9.17, 15) is 0 Å². The number of methoxy groups -OCH3 is 1. The Balaban J connectivity index is 2.52. The third-order valence-electron chi connectivity index (χ3n) is 3.43. The average molecular weight is 250 g/mol. The van der Waals surface area contributed by atoms with Crippen molar-refractivity contribution in [3.63, 3.8) is 0 Å². The Morgan fingerprint density at radius 3 is 2.39 bits per heavy atom. The molecule has 0 unspecified atom stereocenters. The van der Waals surface area contributed by atoms with Gasteiger partial charge in [0.05, 0.1) is 5.60 Å². The zero-order valence-electron chi connectivity index (χ0n) is 12.1. The summed E-state index contributed by atoms with van der Waals surface area (Å²) in [6.07, 6.45) is 1.02. The molecule has 0 aliphatic carbocycles. The number of hydrogen-bond acceptors (Lipinski definition) is 3. The predicted molar refractivity (Wildman–Crippen MR) is 76.4 cm³/mol. The highest BCUT2D eigenvalue weighted by Gasteiger charge is 2.17. The van der Waals surface area contributed by atoms with E-state index >= 15 is 0 Å². The monoisotopic (exact) mass is 250 g/mol. The second kappa shape index (κ2) is 6.88. The smallest absolute Gasteiger partial charge is 0.0634 e. The molecule has 102 valence electrons. The minimum absolute atomic E-state index is 0.0539. The van der Waals surface area contributed by atoms with Gasteiger partial charge in [0.2, 0.25) is 0 Å². The van der Waals surface area contributed by atoms with Gasteiger partial charge in [0, 0.05) is 26.7 Å². The van der Waals surface area contributed by atoms with Gasteiger partial charge < -0.3 is 15.4 Å². The van der Waals surface area contributed by atoms with Crippen molar-refractivity contribution in [1.82, 2.24) is 4.90 Å². The van der Waals surface area contributed by atoms with Gasteiger partial charge in [-0.1, -0.05) is 24.3 Å². The molecule has 2 N–H and O–H groups in total. The van der Waals surface area contributed by atoms with E-state index in [1.807, 2.05) is 6.07 Å². The van der Waals surface area contributed by atoms with E-state index in [4.69, 9.17) is 10.5 Å². The molecule has 18 heavy (non-hydrogen) atoms. The van der Waals surface area contributed by atoms with Crippen molar-refractivity contribution in [2.75, 3.05) is 20.7 Å². The van der Waals surface area contributed by atoms with Gasteiger partial charge in [0.15, 0.2) is 0 Å². The summed E-state index contributed by atoms with van der Waals surface area (Å²) in [7, 11) is 3.91. The first kappa shape index (κ1) is 15.2. The number of nitrogens with two attached hydrogens (primary N) is 1. The number of benzene rings is 1. The van der Waals surface area contributed by atoms with Gasteiger partial charge >= 0.3 is 0 Å². The third-order valence-corrected chi connectivity index (χ3v) is 3.43. The van der Waals surface area contributed by atoms with Crippen molar-refractivity contribution < 1.29 is 4.74 Å². The summed E-state index contributed by atoms with van der Waals surface area (Å²) < 4.78 is 5.44. The predicted octanol–water partition coefficient (Wildman–Crippen LogP) is 2.39. The fourth-order valence-corrected chi connectivity index (χ4v) is 1.84. The van der Waals surface area contributed by atoms with Crippen LogP contribution in [0.5, 0.6) is 0 Å². The Kier molecular flexibility index (Phi) is 5.79. The minimum Gasteiger partial charge on any atom is -0.379 e. The quantitative estimate of drug-likeness (QED) is 0.807. The van der Waals surface area contributed by atoms with Gasteiger partial charge in [0.1, 0.15) is 0 Å². The van der Waals surface area contributed by atoms with Gasteiger partial charge in [-0.15, -0.1) is 0 Å². The molecule has 0 saturated carbocycles. The molecule has 1 aromatic rings. The number of hydrogen-bond donors (Lipinski definition) is 1. The Bertz CT molecular complexity index is 363. The van der Waals surface area contributed by atoms with E-state index in [1.54, 1.807) is 7.11 Å². The molecule has 3 nitrogen and oxygen atoms in total. The molecule has 0 saturated heterocycles. The average Bonchev–Trinajstić information content (AvgIpc) is 2.37. The first-order valence-corrected chi connectivity index (χ1v) is 6.49. The van der Waals surface area contributed by atoms with Gasteiger partial charge in [0.25, 0.3) is 0 Å². The van der Waals surface area contributed by atoms with E-state index in [-0.39, 0.29) is 5.60 Å². The summed E-state index contributed by atoms with van der Waals surface area (Å²) in [5, 5.41) is 0. The highest BCUT2D eigenvalue weighted by Crippen LogP contribution is 2.15. The van der Waals surface area contributed by atoms with E-state index in [2.05, 4.69) is 44.0 Å². The van der Waals surface area contributed by atoms with Crippen LogP contribution in [0.25, 0.3) is 0 Å². The largest absolute Gasteiger partial charge is 0.379 e. The lowest BCUT2D eigenvalue weighted by Crippen LogP contribution is -2.30. The van der Waals surface area contributed by atoms with Gasteiger partial charge in [-0.05, 0) is 38.4 Å². The lowest BCUT2D eigenvalue weighted by atomic mass is 10.0. The number of ether oxygens (including phenoxy) is 1. The van der Waals surface area contributed by atoms with Crippen LogP contribution in [0, 0.1) is 0 Å². The Labute approximate surface area is 111 Å². The molecule has 0 amide bonds. The van der Waals surface area contributed by atoms with Crippen molar-refractivity contribution in [2.45, 2.75) is 39.0 Å². The summed E-state index contributed by atoms with van der Waals surface area (Å²) >= 11 is 0. The SMILES string of the molecule is COC(C)(C)CCN(C)Cc1ccccc1CN. The maximum absolute atomic E-state index is 5.75.